The fourth-order valence-electron chi connectivity index (χ4n) is 6.69. The fourth-order valence-corrected chi connectivity index (χ4v) is 6.69. The number of fused-ring (bicyclic) bond motifs is 1. The molecule has 1 N–H and O–H groups in total. The number of carbonyl (C=O) groups excluding carboxylic acids is 1. The molecule has 0 bridgehead atoms. The predicted molar refractivity (Wildman–Crippen MR) is 125 cm³/mol. The highest BCUT2D eigenvalue weighted by molar-refractivity contribution is 5.80. The molecule has 176 valence electrons. The minimum atomic E-state index is -0.250. The Bertz CT molecular complexity index is 786. The van der Waals surface area contributed by atoms with E-state index in [0.29, 0.717) is 17.7 Å². The van der Waals surface area contributed by atoms with Crippen LogP contribution in [0.1, 0.15) is 55.7 Å². The molecule has 3 heterocycles. The second-order valence-corrected chi connectivity index (χ2v) is 10.3. The van der Waals surface area contributed by atoms with Gasteiger partial charge in [-0.3, -0.25) is 14.5 Å². The number of likely N-dealkylation sites (tertiary alicyclic amines) is 3. The van der Waals surface area contributed by atoms with Crippen LogP contribution in [0.15, 0.2) is 24.3 Å². The van der Waals surface area contributed by atoms with Crippen molar-refractivity contribution in [2.75, 3.05) is 39.8 Å². The summed E-state index contributed by atoms with van der Waals surface area (Å²) in [5, 5.41) is 6.89. The second-order valence-electron chi connectivity index (χ2n) is 10.3. The van der Waals surface area contributed by atoms with E-state index in [4.69, 9.17) is 9.90 Å². The molecule has 3 saturated heterocycles. The van der Waals surface area contributed by atoms with Crippen LogP contribution in [-0.2, 0) is 9.59 Å². The lowest BCUT2D eigenvalue weighted by Crippen LogP contribution is -2.45. The molecule has 0 aromatic heterocycles. The Morgan fingerprint density at radius 3 is 2.34 bits per heavy atom. The first-order valence-electron chi connectivity index (χ1n) is 12.4. The highest BCUT2D eigenvalue weighted by atomic mass is 16.3. The van der Waals surface area contributed by atoms with Gasteiger partial charge in [0.1, 0.15) is 0 Å². The van der Waals surface area contributed by atoms with Crippen molar-refractivity contribution in [2.24, 2.45) is 17.8 Å². The van der Waals surface area contributed by atoms with Gasteiger partial charge in [0, 0.05) is 37.5 Å². The zero-order chi connectivity index (χ0) is 22.7. The molecule has 6 nitrogen and oxygen atoms in total. The van der Waals surface area contributed by atoms with Gasteiger partial charge in [-0.2, -0.15) is 0 Å². The Morgan fingerprint density at radius 1 is 1.03 bits per heavy atom. The van der Waals surface area contributed by atoms with E-state index in [-0.39, 0.29) is 18.4 Å². The van der Waals surface area contributed by atoms with Crippen LogP contribution in [0.4, 0.5) is 0 Å². The number of hydrogen-bond donors (Lipinski definition) is 1. The van der Waals surface area contributed by atoms with Crippen LogP contribution < -0.4 is 0 Å². The normalized spacial score (nSPS) is 29.6. The van der Waals surface area contributed by atoms with E-state index in [2.05, 4.69) is 52.9 Å². The van der Waals surface area contributed by atoms with Crippen LogP contribution in [-0.4, -0.2) is 78.0 Å². The van der Waals surface area contributed by atoms with E-state index in [1.807, 2.05) is 0 Å². The number of carbonyl (C=O) groups is 2. The van der Waals surface area contributed by atoms with Crippen molar-refractivity contribution in [2.45, 2.75) is 57.5 Å². The lowest BCUT2D eigenvalue weighted by Gasteiger charge is -2.37. The maximum absolute atomic E-state index is 13.5. The second kappa shape index (κ2) is 10.3. The molecular formula is C26H39N3O3. The number of aryl methyl sites for hydroxylation is 1. The monoisotopic (exact) mass is 441 g/mol. The number of nitrogens with zero attached hydrogens (tertiary/aromatic N) is 3. The van der Waals surface area contributed by atoms with Gasteiger partial charge in [-0.1, -0.05) is 37.1 Å². The van der Waals surface area contributed by atoms with Gasteiger partial charge in [-0.25, -0.2) is 0 Å². The zero-order valence-corrected chi connectivity index (χ0v) is 19.7. The quantitative estimate of drug-likeness (QED) is 0.729. The molecule has 1 aromatic carbocycles. The molecule has 0 spiro atoms. The molecule has 0 unspecified atom stereocenters. The smallest absolute Gasteiger partial charge is 0.290 e. The Hall–Kier alpha value is -1.92. The molecule has 4 fully saturated rings. The van der Waals surface area contributed by atoms with E-state index in [1.165, 1.54) is 63.0 Å². The van der Waals surface area contributed by atoms with Crippen LogP contribution >= 0.6 is 0 Å². The molecule has 0 radical (unpaired) electrons. The third-order valence-electron chi connectivity index (χ3n) is 8.39. The van der Waals surface area contributed by atoms with Gasteiger partial charge in [-0.05, 0) is 69.8 Å². The van der Waals surface area contributed by atoms with Crippen LogP contribution in [0.5, 0.6) is 0 Å². The lowest BCUT2D eigenvalue weighted by molar-refractivity contribution is -0.137. The first-order chi connectivity index (χ1) is 15.5. The summed E-state index contributed by atoms with van der Waals surface area (Å²) in [6.45, 7) is 7.77. The summed E-state index contributed by atoms with van der Waals surface area (Å²) in [5.41, 5.74) is 2.75. The molecule has 1 aromatic rings. The van der Waals surface area contributed by atoms with Gasteiger partial charge < -0.3 is 14.9 Å². The van der Waals surface area contributed by atoms with Crippen molar-refractivity contribution < 1.29 is 14.7 Å². The third-order valence-corrected chi connectivity index (χ3v) is 8.39. The number of amides is 1. The van der Waals surface area contributed by atoms with Crippen LogP contribution in [0.3, 0.4) is 0 Å². The summed E-state index contributed by atoms with van der Waals surface area (Å²) in [4.78, 5) is 29.4. The fraction of sp³-hybridized carbons (Fsp3) is 0.692. The summed E-state index contributed by atoms with van der Waals surface area (Å²) in [6.07, 6.45) is 7.28. The van der Waals surface area contributed by atoms with Gasteiger partial charge in [0.25, 0.3) is 6.47 Å². The molecule has 1 amide bonds. The maximum Gasteiger partial charge on any atom is 0.290 e. The Balaban J connectivity index is 0.000000775. The molecule has 32 heavy (non-hydrogen) atoms. The lowest BCUT2D eigenvalue weighted by atomic mass is 9.87. The van der Waals surface area contributed by atoms with E-state index >= 15 is 0 Å². The minimum absolute atomic E-state index is 0.250. The summed E-state index contributed by atoms with van der Waals surface area (Å²) in [7, 11) is 2.25. The van der Waals surface area contributed by atoms with Crippen molar-refractivity contribution >= 4 is 12.4 Å². The summed E-state index contributed by atoms with van der Waals surface area (Å²) >= 11 is 0. The number of carboxylic acid groups (broad SMARTS) is 1. The average molecular weight is 442 g/mol. The molecule has 1 saturated carbocycles. The Labute approximate surface area is 192 Å². The van der Waals surface area contributed by atoms with Gasteiger partial charge in [0.05, 0.1) is 6.04 Å². The van der Waals surface area contributed by atoms with E-state index in [9.17, 15) is 4.79 Å². The van der Waals surface area contributed by atoms with Crippen LogP contribution in [0.25, 0.3) is 0 Å². The van der Waals surface area contributed by atoms with E-state index < -0.39 is 0 Å². The summed E-state index contributed by atoms with van der Waals surface area (Å²) in [5.74, 6) is 1.98. The highest BCUT2D eigenvalue weighted by Gasteiger charge is 2.51. The average Bonchev–Trinajstić information content (AvgIpc) is 3.51. The molecule has 3 atom stereocenters. The Kier molecular flexibility index (Phi) is 7.51. The molecule has 4 aliphatic rings. The summed E-state index contributed by atoms with van der Waals surface area (Å²) in [6, 6.07) is 9.84. The van der Waals surface area contributed by atoms with Crippen molar-refractivity contribution in [1.82, 2.24) is 14.7 Å². The first-order valence-corrected chi connectivity index (χ1v) is 12.4. The van der Waals surface area contributed by atoms with Crippen molar-refractivity contribution in [3.05, 3.63) is 35.4 Å². The summed E-state index contributed by atoms with van der Waals surface area (Å²) < 4.78 is 0. The number of piperidine rings is 1. The SMILES string of the molecule is Cc1ccccc1[C@@H]1[C@H]2CN(C3CCN(C)CC3)C[C@H]2CN1C(=O)C1CCCC1.O=CO. The molecular weight excluding hydrogens is 402 g/mol. The maximum atomic E-state index is 13.5. The number of benzene rings is 1. The predicted octanol–water partition coefficient (Wildman–Crippen LogP) is 3.41. The molecule has 3 aliphatic heterocycles. The molecule has 6 heteroatoms. The first kappa shape index (κ1) is 23.2. The zero-order valence-electron chi connectivity index (χ0n) is 19.7. The van der Waals surface area contributed by atoms with Crippen LogP contribution in [0.2, 0.25) is 0 Å². The van der Waals surface area contributed by atoms with Crippen LogP contribution in [0, 0.1) is 24.7 Å². The number of rotatable bonds is 3. The highest BCUT2D eigenvalue weighted by Crippen LogP contribution is 2.48. The standard InChI is InChI=1S/C25H37N3O.CH2O2/c1-18-7-3-6-10-22(18)24-23-17-27(21-11-13-26(2)14-12-21)15-20(23)16-28(24)25(29)19-8-4-5-9-19;2-1-3/h3,6-7,10,19-21,23-24H,4-5,8-9,11-17H2,1-2H3;1H,(H,2,3)/t20-,23-,24+;/m0./s1. The van der Waals surface area contributed by atoms with Gasteiger partial charge in [-0.15, -0.1) is 0 Å². The topological polar surface area (TPSA) is 64.1 Å². The third kappa shape index (κ3) is 4.72. The Morgan fingerprint density at radius 2 is 1.69 bits per heavy atom. The minimum Gasteiger partial charge on any atom is -0.483 e. The van der Waals surface area contributed by atoms with Crippen molar-refractivity contribution in [3.8, 4) is 0 Å². The van der Waals surface area contributed by atoms with Crippen molar-refractivity contribution in [3.63, 3.8) is 0 Å². The number of hydrogen-bond acceptors (Lipinski definition) is 4. The van der Waals surface area contributed by atoms with E-state index in [0.717, 1.165) is 25.4 Å². The van der Waals surface area contributed by atoms with Crippen molar-refractivity contribution in [1.29, 1.82) is 0 Å². The van der Waals surface area contributed by atoms with Gasteiger partial charge in [0.2, 0.25) is 5.91 Å². The molecule has 1 aliphatic carbocycles. The van der Waals surface area contributed by atoms with Gasteiger partial charge >= 0.3 is 0 Å². The molecule has 5 rings (SSSR count). The largest absolute Gasteiger partial charge is 0.483 e. The van der Waals surface area contributed by atoms with E-state index in [1.54, 1.807) is 0 Å². The van der Waals surface area contributed by atoms with Gasteiger partial charge in [0.15, 0.2) is 0 Å².